The molecule has 0 unspecified atom stereocenters. The molecule has 0 bridgehead atoms. The van der Waals surface area contributed by atoms with Gasteiger partial charge in [0.25, 0.3) is 0 Å². The van der Waals surface area contributed by atoms with Crippen LogP contribution in [0.1, 0.15) is 11.4 Å². The van der Waals surface area contributed by atoms with E-state index >= 15 is 0 Å². The molecule has 0 fully saturated rings. The Hall–Kier alpha value is -0.830. The Balaban J connectivity index is 2.41. The van der Waals surface area contributed by atoms with Gasteiger partial charge >= 0.3 is 0 Å². The van der Waals surface area contributed by atoms with Crippen LogP contribution < -0.4 is 0 Å². The maximum Gasteiger partial charge on any atom is 0.139 e. The zero-order valence-corrected chi connectivity index (χ0v) is 6.00. The van der Waals surface area contributed by atoms with Crippen molar-refractivity contribution in [1.29, 1.82) is 0 Å². The highest BCUT2D eigenvalue weighted by atomic mass is 16.5. The van der Waals surface area contributed by atoms with Crippen molar-refractivity contribution in [3.63, 3.8) is 0 Å². The van der Waals surface area contributed by atoms with Crippen LogP contribution in [0.2, 0.25) is 0 Å². The first-order valence-electron chi connectivity index (χ1n) is 3.47. The fourth-order valence-electron chi connectivity index (χ4n) is 1.24. The fourth-order valence-corrected chi connectivity index (χ4v) is 1.24. The number of hydrogen-bond acceptors (Lipinski definition) is 2. The smallest absolute Gasteiger partial charge is 0.139 e. The third-order valence-corrected chi connectivity index (χ3v) is 1.70. The average molecular weight is 138 g/mol. The molecule has 2 heterocycles. The lowest BCUT2D eigenvalue weighted by Gasteiger charge is -2.12. The molecule has 1 aromatic rings. The van der Waals surface area contributed by atoms with E-state index in [1.807, 2.05) is 11.6 Å². The van der Waals surface area contributed by atoms with Crippen LogP contribution in [0.15, 0.2) is 6.07 Å². The second kappa shape index (κ2) is 2.09. The predicted octanol–water partition coefficient (Wildman–Crippen LogP) is 0.722. The highest BCUT2D eigenvalue weighted by molar-refractivity contribution is 5.09. The zero-order valence-electron chi connectivity index (χ0n) is 6.00. The van der Waals surface area contributed by atoms with Crippen LogP contribution in [-0.2, 0) is 17.9 Å². The van der Waals surface area contributed by atoms with E-state index in [1.165, 1.54) is 5.69 Å². The molecule has 0 atom stereocenters. The van der Waals surface area contributed by atoms with E-state index in [9.17, 15) is 0 Å². The van der Waals surface area contributed by atoms with Gasteiger partial charge in [0.05, 0.1) is 12.3 Å². The normalized spacial score (nSPS) is 16.9. The van der Waals surface area contributed by atoms with E-state index in [2.05, 4.69) is 11.2 Å². The van der Waals surface area contributed by atoms with E-state index in [0.29, 0.717) is 6.73 Å². The number of ether oxygens (including phenoxy) is 1. The molecule has 0 amide bonds. The van der Waals surface area contributed by atoms with Gasteiger partial charge in [0.1, 0.15) is 6.73 Å². The van der Waals surface area contributed by atoms with E-state index in [4.69, 9.17) is 4.74 Å². The van der Waals surface area contributed by atoms with Gasteiger partial charge < -0.3 is 4.74 Å². The molecule has 0 aromatic carbocycles. The summed E-state index contributed by atoms with van der Waals surface area (Å²) >= 11 is 0. The van der Waals surface area contributed by atoms with Crippen LogP contribution in [0.5, 0.6) is 0 Å². The lowest BCUT2D eigenvalue weighted by molar-refractivity contribution is 0.0478. The Labute approximate surface area is 59.6 Å². The molecule has 10 heavy (non-hydrogen) atoms. The molecule has 0 spiro atoms. The second-order valence-corrected chi connectivity index (χ2v) is 2.56. The summed E-state index contributed by atoms with van der Waals surface area (Å²) in [7, 11) is 0. The fraction of sp³-hybridized carbons (Fsp3) is 0.571. The van der Waals surface area contributed by atoms with Crippen LogP contribution >= 0.6 is 0 Å². The van der Waals surface area contributed by atoms with E-state index in [1.54, 1.807) is 0 Å². The van der Waals surface area contributed by atoms with Gasteiger partial charge in [0, 0.05) is 12.1 Å². The van der Waals surface area contributed by atoms with Crippen molar-refractivity contribution in [1.82, 2.24) is 9.78 Å². The van der Waals surface area contributed by atoms with Crippen molar-refractivity contribution in [3.05, 3.63) is 17.5 Å². The van der Waals surface area contributed by atoms with Gasteiger partial charge in [-0.3, -0.25) is 0 Å². The van der Waals surface area contributed by atoms with Gasteiger partial charge in [-0.15, -0.1) is 0 Å². The first-order chi connectivity index (χ1) is 4.86. The average Bonchev–Trinajstić information content (AvgIpc) is 2.27. The van der Waals surface area contributed by atoms with Crippen LogP contribution in [0.4, 0.5) is 0 Å². The summed E-state index contributed by atoms with van der Waals surface area (Å²) in [6, 6.07) is 2.11. The van der Waals surface area contributed by atoms with Gasteiger partial charge in [0.15, 0.2) is 0 Å². The SMILES string of the molecule is Cc1cc2n(n1)COCC2. The molecule has 1 aliphatic heterocycles. The van der Waals surface area contributed by atoms with Crippen molar-refractivity contribution in [2.45, 2.75) is 20.1 Å². The number of hydrogen-bond donors (Lipinski definition) is 0. The molecule has 54 valence electrons. The summed E-state index contributed by atoms with van der Waals surface area (Å²) in [4.78, 5) is 0. The number of nitrogens with zero attached hydrogens (tertiary/aromatic N) is 2. The topological polar surface area (TPSA) is 27.1 Å². The molecule has 0 saturated carbocycles. The molecule has 0 radical (unpaired) electrons. The van der Waals surface area contributed by atoms with Gasteiger partial charge in [-0.05, 0) is 13.0 Å². The van der Waals surface area contributed by atoms with Crippen LogP contribution in [0, 0.1) is 6.92 Å². The monoisotopic (exact) mass is 138 g/mol. The van der Waals surface area contributed by atoms with Crippen molar-refractivity contribution >= 4 is 0 Å². The van der Waals surface area contributed by atoms with Crippen molar-refractivity contribution in [2.75, 3.05) is 6.61 Å². The molecule has 1 aromatic heterocycles. The molecule has 1 aliphatic rings. The Morgan fingerprint density at radius 2 is 2.60 bits per heavy atom. The first kappa shape index (κ1) is 5.92. The number of rotatable bonds is 0. The summed E-state index contributed by atoms with van der Waals surface area (Å²) in [5, 5.41) is 4.24. The number of fused-ring (bicyclic) bond motifs is 1. The van der Waals surface area contributed by atoms with Crippen molar-refractivity contribution in [2.24, 2.45) is 0 Å². The lowest BCUT2D eigenvalue weighted by atomic mass is 10.3. The quantitative estimate of drug-likeness (QED) is 0.528. The lowest BCUT2D eigenvalue weighted by Crippen LogP contribution is -2.16. The molecule has 0 N–H and O–H groups in total. The summed E-state index contributed by atoms with van der Waals surface area (Å²) < 4.78 is 7.13. The van der Waals surface area contributed by atoms with E-state index < -0.39 is 0 Å². The van der Waals surface area contributed by atoms with Crippen LogP contribution in [0.25, 0.3) is 0 Å². The second-order valence-electron chi connectivity index (χ2n) is 2.56. The minimum atomic E-state index is 0.628. The molecule has 2 rings (SSSR count). The largest absolute Gasteiger partial charge is 0.359 e. The Kier molecular flexibility index (Phi) is 1.24. The maximum atomic E-state index is 5.21. The molecule has 0 saturated heterocycles. The van der Waals surface area contributed by atoms with Gasteiger partial charge in [-0.2, -0.15) is 5.10 Å². The zero-order chi connectivity index (χ0) is 6.97. The minimum absolute atomic E-state index is 0.628. The molecular weight excluding hydrogens is 128 g/mol. The number of aryl methyl sites for hydroxylation is 1. The summed E-state index contributed by atoms with van der Waals surface area (Å²) in [5.74, 6) is 0. The summed E-state index contributed by atoms with van der Waals surface area (Å²) in [6.45, 7) is 3.47. The first-order valence-corrected chi connectivity index (χ1v) is 3.47. The molecule has 0 aliphatic carbocycles. The van der Waals surface area contributed by atoms with Crippen molar-refractivity contribution in [3.8, 4) is 0 Å². The maximum absolute atomic E-state index is 5.21. The standard InChI is InChI=1S/C7H10N2O/c1-6-4-7-2-3-10-5-9(7)8-6/h4H,2-3,5H2,1H3. The summed E-state index contributed by atoms with van der Waals surface area (Å²) in [6.07, 6.45) is 1.00. The summed E-state index contributed by atoms with van der Waals surface area (Å²) in [5.41, 5.74) is 2.38. The Morgan fingerprint density at radius 3 is 3.40 bits per heavy atom. The highest BCUT2D eigenvalue weighted by Gasteiger charge is 2.09. The van der Waals surface area contributed by atoms with Gasteiger partial charge in [0.2, 0.25) is 0 Å². The Bertz CT molecular complexity index is 218. The molecule has 3 heteroatoms. The van der Waals surface area contributed by atoms with E-state index in [-0.39, 0.29) is 0 Å². The van der Waals surface area contributed by atoms with E-state index in [0.717, 1.165) is 18.7 Å². The highest BCUT2D eigenvalue weighted by Crippen LogP contribution is 2.08. The third kappa shape index (κ3) is 0.827. The third-order valence-electron chi connectivity index (χ3n) is 1.70. The van der Waals surface area contributed by atoms with Crippen molar-refractivity contribution < 1.29 is 4.74 Å². The predicted molar refractivity (Wildman–Crippen MR) is 36.6 cm³/mol. The number of aromatic nitrogens is 2. The van der Waals surface area contributed by atoms with Crippen LogP contribution in [0.3, 0.4) is 0 Å². The van der Waals surface area contributed by atoms with Crippen LogP contribution in [-0.4, -0.2) is 16.4 Å². The minimum Gasteiger partial charge on any atom is -0.359 e. The molecule has 3 nitrogen and oxygen atoms in total. The van der Waals surface area contributed by atoms with Gasteiger partial charge in [-0.25, -0.2) is 4.68 Å². The van der Waals surface area contributed by atoms with Gasteiger partial charge in [-0.1, -0.05) is 0 Å². The molecular formula is C7H10N2O. The Morgan fingerprint density at radius 1 is 1.70 bits per heavy atom.